The van der Waals surface area contributed by atoms with E-state index in [2.05, 4.69) is 5.32 Å². The van der Waals surface area contributed by atoms with Crippen molar-refractivity contribution in [2.45, 2.75) is 11.3 Å². The minimum Gasteiger partial charge on any atom is -0.395 e. The molecule has 0 aliphatic rings. The Morgan fingerprint density at radius 3 is 2.35 bits per heavy atom. The highest BCUT2D eigenvalue weighted by Crippen LogP contribution is 2.19. The van der Waals surface area contributed by atoms with Crippen molar-refractivity contribution < 1.29 is 18.3 Å². The molecule has 26 heavy (non-hydrogen) atoms. The van der Waals surface area contributed by atoms with Gasteiger partial charge in [0.2, 0.25) is 15.9 Å². The van der Waals surface area contributed by atoms with Crippen molar-refractivity contribution in [2.75, 3.05) is 26.2 Å². The molecule has 2 N–H and O–H groups in total. The van der Waals surface area contributed by atoms with E-state index < -0.39 is 15.9 Å². The van der Waals surface area contributed by atoms with Gasteiger partial charge in [-0.15, -0.1) is 0 Å². The summed E-state index contributed by atoms with van der Waals surface area (Å²) in [6.07, 6.45) is 0.473. The number of amides is 1. The summed E-state index contributed by atoms with van der Waals surface area (Å²) in [6, 6.07) is 15.3. The van der Waals surface area contributed by atoms with Crippen molar-refractivity contribution in [3.8, 4) is 0 Å². The lowest BCUT2D eigenvalue weighted by atomic mass is 10.1. The number of nitrogens with one attached hydrogen (secondary N) is 1. The molecule has 0 bridgehead atoms. The molecule has 0 aliphatic carbocycles. The molecule has 0 unspecified atom stereocenters. The fourth-order valence-electron chi connectivity index (χ4n) is 2.35. The van der Waals surface area contributed by atoms with Gasteiger partial charge in [-0.3, -0.25) is 4.79 Å². The predicted octanol–water partition coefficient (Wildman–Crippen LogP) is 1.68. The summed E-state index contributed by atoms with van der Waals surface area (Å²) >= 11 is 5.83. The fraction of sp³-hybridized carbons (Fsp3) is 0.278. The number of rotatable bonds is 9. The third-order valence-electron chi connectivity index (χ3n) is 3.70. The summed E-state index contributed by atoms with van der Waals surface area (Å²) in [5.74, 6) is -0.468. The molecule has 2 rings (SSSR count). The number of aliphatic hydroxyl groups is 1. The second-order valence-corrected chi connectivity index (χ2v) is 7.98. The van der Waals surface area contributed by atoms with Gasteiger partial charge in [0.15, 0.2) is 0 Å². The summed E-state index contributed by atoms with van der Waals surface area (Å²) in [5.41, 5.74) is 0.972. The second kappa shape index (κ2) is 9.68. The van der Waals surface area contributed by atoms with Crippen molar-refractivity contribution in [1.29, 1.82) is 0 Å². The van der Waals surface area contributed by atoms with Gasteiger partial charge in [-0.1, -0.05) is 41.9 Å². The molecular formula is C18H21ClN2O4S. The zero-order chi connectivity index (χ0) is 19.0. The first-order valence-corrected chi connectivity index (χ1v) is 9.92. The number of aliphatic hydroxyl groups excluding tert-OH is 1. The highest BCUT2D eigenvalue weighted by Gasteiger charge is 2.26. The molecule has 140 valence electrons. The average molecular weight is 397 g/mol. The number of hydrogen-bond donors (Lipinski definition) is 2. The maximum Gasteiger partial charge on any atom is 0.243 e. The monoisotopic (exact) mass is 396 g/mol. The van der Waals surface area contributed by atoms with Crippen LogP contribution in [0.4, 0.5) is 0 Å². The van der Waals surface area contributed by atoms with Gasteiger partial charge in [-0.2, -0.15) is 4.31 Å². The van der Waals surface area contributed by atoms with Crippen LogP contribution in [0.3, 0.4) is 0 Å². The van der Waals surface area contributed by atoms with Crippen LogP contribution in [0.5, 0.6) is 0 Å². The molecule has 1 amide bonds. The predicted molar refractivity (Wildman–Crippen MR) is 100 cm³/mol. The van der Waals surface area contributed by atoms with Crippen LogP contribution in [0.1, 0.15) is 5.56 Å². The Labute approximate surface area is 158 Å². The smallest absolute Gasteiger partial charge is 0.243 e. The first-order valence-electron chi connectivity index (χ1n) is 8.10. The van der Waals surface area contributed by atoms with Gasteiger partial charge in [0, 0.05) is 18.1 Å². The van der Waals surface area contributed by atoms with E-state index in [0.29, 0.717) is 11.4 Å². The molecule has 0 spiro atoms. The van der Waals surface area contributed by atoms with Crippen LogP contribution >= 0.6 is 11.6 Å². The summed E-state index contributed by atoms with van der Waals surface area (Å²) in [6.45, 7) is -0.300. The maximum absolute atomic E-state index is 12.9. The lowest BCUT2D eigenvalue weighted by Crippen LogP contribution is -2.42. The number of hydrogen-bond acceptors (Lipinski definition) is 4. The minimum absolute atomic E-state index is 0.0740. The van der Waals surface area contributed by atoms with Crippen molar-refractivity contribution in [1.82, 2.24) is 9.62 Å². The van der Waals surface area contributed by atoms with E-state index >= 15 is 0 Å². The molecule has 0 aliphatic heterocycles. The third kappa shape index (κ3) is 5.81. The van der Waals surface area contributed by atoms with Gasteiger partial charge in [-0.25, -0.2) is 8.42 Å². The van der Waals surface area contributed by atoms with Gasteiger partial charge in [0.25, 0.3) is 0 Å². The summed E-state index contributed by atoms with van der Waals surface area (Å²) in [4.78, 5) is 12.1. The van der Waals surface area contributed by atoms with Crippen LogP contribution in [0.15, 0.2) is 59.5 Å². The van der Waals surface area contributed by atoms with Crippen molar-refractivity contribution >= 4 is 27.5 Å². The van der Waals surface area contributed by atoms with Crippen LogP contribution in [0.25, 0.3) is 0 Å². The standard InChI is InChI=1S/C18H21ClN2O4S/c19-16-6-8-17(9-7-16)26(24,25)21(14-18(23)20-11-13-22)12-10-15-4-2-1-3-5-15/h1-9,22H,10-14H2,(H,20,23). The highest BCUT2D eigenvalue weighted by molar-refractivity contribution is 7.89. The van der Waals surface area contributed by atoms with E-state index in [1.54, 1.807) is 0 Å². The van der Waals surface area contributed by atoms with Crippen LogP contribution in [-0.4, -0.2) is 50.0 Å². The molecule has 0 atom stereocenters. The number of carbonyl (C=O) groups is 1. The van der Waals surface area contributed by atoms with Crippen molar-refractivity contribution in [3.05, 3.63) is 65.2 Å². The van der Waals surface area contributed by atoms with Gasteiger partial charge in [0.1, 0.15) is 0 Å². The number of nitrogens with zero attached hydrogens (tertiary/aromatic N) is 1. The Kier molecular flexibility index (Phi) is 7.59. The molecule has 0 radical (unpaired) electrons. The summed E-state index contributed by atoms with van der Waals surface area (Å²) < 4.78 is 27.0. The van der Waals surface area contributed by atoms with Crippen LogP contribution in [-0.2, 0) is 21.2 Å². The van der Waals surface area contributed by atoms with E-state index in [-0.39, 0.29) is 31.1 Å². The highest BCUT2D eigenvalue weighted by atomic mass is 35.5. The normalized spacial score (nSPS) is 11.5. The van der Waals surface area contributed by atoms with Gasteiger partial charge >= 0.3 is 0 Å². The molecule has 6 nitrogen and oxygen atoms in total. The van der Waals surface area contributed by atoms with Crippen molar-refractivity contribution in [2.24, 2.45) is 0 Å². The van der Waals surface area contributed by atoms with Gasteiger partial charge < -0.3 is 10.4 Å². The van der Waals surface area contributed by atoms with Crippen LogP contribution in [0.2, 0.25) is 5.02 Å². The Morgan fingerprint density at radius 1 is 1.08 bits per heavy atom. The Morgan fingerprint density at radius 2 is 1.73 bits per heavy atom. The first kappa shape index (κ1) is 20.4. The molecule has 0 heterocycles. The fourth-order valence-corrected chi connectivity index (χ4v) is 3.87. The maximum atomic E-state index is 12.9. The zero-order valence-corrected chi connectivity index (χ0v) is 15.7. The number of benzene rings is 2. The number of sulfonamides is 1. The molecular weight excluding hydrogens is 376 g/mol. The average Bonchev–Trinajstić information content (AvgIpc) is 2.64. The molecule has 0 saturated carbocycles. The SMILES string of the molecule is O=C(CN(CCc1ccccc1)S(=O)(=O)c1ccc(Cl)cc1)NCCO. The molecule has 8 heteroatoms. The summed E-state index contributed by atoms with van der Waals surface area (Å²) in [5, 5.41) is 11.7. The topological polar surface area (TPSA) is 86.7 Å². The van der Waals surface area contributed by atoms with Gasteiger partial charge in [0.05, 0.1) is 18.0 Å². The zero-order valence-electron chi connectivity index (χ0n) is 14.1. The van der Waals surface area contributed by atoms with Crippen LogP contribution < -0.4 is 5.32 Å². The van der Waals surface area contributed by atoms with E-state index in [1.165, 1.54) is 24.3 Å². The number of halogens is 1. The lowest BCUT2D eigenvalue weighted by Gasteiger charge is -2.22. The van der Waals surface area contributed by atoms with E-state index in [4.69, 9.17) is 16.7 Å². The molecule has 0 fully saturated rings. The quantitative estimate of drug-likeness (QED) is 0.675. The number of carbonyl (C=O) groups excluding carboxylic acids is 1. The minimum atomic E-state index is -3.86. The largest absolute Gasteiger partial charge is 0.395 e. The Bertz CT molecular complexity index is 811. The van der Waals surface area contributed by atoms with E-state index in [9.17, 15) is 13.2 Å². The molecule has 0 aromatic heterocycles. The lowest BCUT2D eigenvalue weighted by molar-refractivity contribution is -0.121. The Hall–Kier alpha value is -1.93. The summed E-state index contributed by atoms with van der Waals surface area (Å²) in [7, 11) is -3.86. The molecule has 0 saturated heterocycles. The molecule has 2 aromatic rings. The first-order chi connectivity index (χ1) is 12.4. The van der Waals surface area contributed by atoms with Crippen molar-refractivity contribution in [3.63, 3.8) is 0 Å². The second-order valence-electron chi connectivity index (χ2n) is 5.60. The van der Waals surface area contributed by atoms with E-state index in [1.807, 2.05) is 30.3 Å². The molecule has 2 aromatic carbocycles. The van der Waals surface area contributed by atoms with Gasteiger partial charge in [-0.05, 0) is 36.2 Å². The third-order valence-corrected chi connectivity index (χ3v) is 5.81. The Balaban J connectivity index is 2.20. The van der Waals surface area contributed by atoms with Crippen LogP contribution in [0, 0.1) is 0 Å². The van der Waals surface area contributed by atoms with E-state index in [0.717, 1.165) is 9.87 Å².